The Kier molecular flexibility index (Phi) is 6.13. The second-order valence-electron chi connectivity index (χ2n) is 6.13. The third-order valence-electron chi connectivity index (χ3n) is 3.90. The van der Waals surface area contributed by atoms with E-state index >= 15 is 0 Å². The van der Waals surface area contributed by atoms with Gasteiger partial charge in [-0.25, -0.2) is 8.42 Å². The molecule has 2 N–H and O–H groups in total. The van der Waals surface area contributed by atoms with Crippen LogP contribution in [0.15, 0.2) is 70.1 Å². The topological polar surface area (TPSA) is 101 Å². The summed E-state index contributed by atoms with van der Waals surface area (Å²) in [5.41, 5.74) is 0.804. The number of hydrogen-bond donors (Lipinski definition) is 2. The second kappa shape index (κ2) is 8.55. The minimum atomic E-state index is -3.94. The van der Waals surface area contributed by atoms with Gasteiger partial charge in [0.1, 0.15) is 11.8 Å². The Morgan fingerprint density at radius 1 is 1.14 bits per heavy atom. The van der Waals surface area contributed by atoms with Crippen molar-refractivity contribution >= 4 is 33.3 Å². The predicted octanol–water partition coefficient (Wildman–Crippen LogP) is 3.16. The van der Waals surface area contributed by atoms with Crippen LogP contribution in [0.25, 0.3) is 0 Å². The number of benzene rings is 2. The van der Waals surface area contributed by atoms with Crippen molar-refractivity contribution in [3.05, 3.63) is 77.0 Å². The van der Waals surface area contributed by atoms with Crippen LogP contribution in [-0.2, 0) is 21.2 Å². The van der Waals surface area contributed by atoms with E-state index in [1.807, 2.05) is 30.3 Å². The van der Waals surface area contributed by atoms with Crippen molar-refractivity contribution in [2.24, 2.45) is 0 Å². The first kappa shape index (κ1) is 20.1. The molecule has 0 radical (unpaired) electrons. The first-order valence-electron chi connectivity index (χ1n) is 8.39. The zero-order chi connectivity index (χ0) is 20.1. The van der Waals surface area contributed by atoms with Gasteiger partial charge in [-0.3, -0.25) is 4.79 Å². The predicted molar refractivity (Wildman–Crippen MR) is 106 cm³/mol. The maximum Gasteiger partial charge on any atom is 0.244 e. The lowest BCUT2D eigenvalue weighted by Crippen LogP contribution is -2.45. The average Bonchev–Trinajstić information content (AvgIpc) is 3.07. The summed E-state index contributed by atoms with van der Waals surface area (Å²) in [6, 6.07) is 15.3. The molecule has 0 saturated carbocycles. The highest BCUT2D eigenvalue weighted by atomic mass is 35.5. The van der Waals surface area contributed by atoms with Crippen LogP contribution in [0.1, 0.15) is 11.3 Å². The number of hydrogen-bond acceptors (Lipinski definition) is 5. The van der Waals surface area contributed by atoms with Gasteiger partial charge in [-0.05, 0) is 43.2 Å². The summed E-state index contributed by atoms with van der Waals surface area (Å²) in [6.45, 7) is 1.69. The number of nitrogens with zero attached hydrogens (tertiary/aromatic N) is 1. The van der Waals surface area contributed by atoms with E-state index in [1.165, 1.54) is 24.3 Å². The molecule has 9 heteroatoms. The Morgan fingerprint density at radius 2 is 1.82 bits per heavy atom. The lowest BCUT2D eigenvalue weighted by Gasteiger charge is -2.18. The summed E-state index contributed by atoms with van der Waals surface area (Å²) in [7, 11) is -3.94. The average molecular weight is 420 g/mol. The maximum absolute atomic E-state index is 12.7. The number of sulfonamides is 1. The zero-order valence-corrected chi connectivity index (χ0v) is 16.5. The summed E-state index contributed by atoms with van der Waals surface area (Å²) in [4.78, 5) is 12.8. The summed E-state index contributed by atoms with van der Waals surface area (Å²) in [6.07, 6.45) is 0.163. The minimum absolute atomic E-state index is 0.0139. The van der Waals surface area contributed by atoms with Crippen LogP contribution >= 0.6 is 11.6 Å². The van der Waals surface area contributed by atoms with Crippen LogP contribution in [-0.4, -0.2) is 25.5 Å². The van der Waals surface area contributed by atoms with E-state index in [0.29, 0.717) is 10.8 Å². The molecule has 1 aromatic heterocycles. The molecule has 146 valence electrons. The number of anilines is 1. The van der Waals surface area contributed by atoms with E-state index in [2.05, 4.69) is 15.2 Å². The van der Waals surface area contributed by atoms with Crippen LogP contribution in [0.3, 0.4) is 0 Å². The minimum Gasteiger partial charge on any atom is -0.360 e. The lowest BCUT2D eigenvalue weighted by atomic mass is 10.1. The molecule has 0 aliphatic carbocycles. The van der Waals surface area contributed by atoms with Gasteiger partial charge in [0.2, 0.25) is 15.9 Å². The summed E-state index contributed by atoms with van der Waals surface area (Å²) in [5, 5.41) is 6.70. The molecule has 0 saturated heterocycles. The number of carbonyl (C=O) groups excluding carboxylic acids is 1. The standard InChI is InChI=1S/C19H18ClN3O4S/c1-13-11-18(22-27-13)21-19(24)17(12-14-5-3-2-4-6-14)23-28(25,26)16-9-7-15(20)8-10-16/h2-11,17,23H,12H2,1H3,(H,21,22,24)/t17-/m0/s1. The van der Waals surface area contributed by atoms with E-state index in [4.69, 9.17) is 16.1 Å². The summed E-state index contributed by atoms with van der Waals surface area (Å²) in [5.74, 6) is 0.192. The molecule has 0 aliphatic rings. The van der Waals surface area contributed by atoms with Gasteiger partial charge in [-0.15, -0.1) is 0 Å². The molecule has 1 amide bonds. The first-order valence-corrected chi connectivity index (χ1v) is 10.3. The smallest absolute Gasteiger partial charge is 0.244 e. The number of aromatic nitrogens is 1. The number of amides is 1. The van der Waals surface area contributed by atoms with Crippen molar-refractivity contribution in [1.82, 2.24) is 9.88 Å². The van der Waals surface area contributed by atoms with Crippen LogP contribution in [0, 0.1) is 6.92 Å². The number of halogens is 1. The molecule has 3 aromatic rings. The normalized spacial score (nSPS) is 12.5. The fourth-order valence-corrected chi connectivity index (χ4v) is 3.87. The number of nitrogens with one attached hydrogen (secondary N) is 2. The Labute approximate surface area is 167 Å². The molecule has 1 heterocycles. The van der Waals surface area contributed by atoms with E-state index in [9.17, 15) is 13.2 Å². The van der Waals surface area contributed by atoms with Gasteiger partial charge < -0.3 is 9.84 Å². The van der Waals surface area contributed by atoms with E-state index in [0.717, 1.165) is 5.56 Å². The highest BCUT2D eigenvalue weighted by Crippen LogP contribution is 2.16. The molecule has 3 rings (SSSR count). The SMILES string of the molecule is Cc1cc(NC(=O)[C@H](Cc2ccccc2)NS(=O)(=O)c2ccc(Cl)cc2)no1. The Bertz CT molecular complexity index is 1050. The highest BCUT2D eigenvalue weighted by molar-refractivity contribution is 7.89. The third-order valence-corrected chi connectivity index (χ3v) is 5.64. The van der Waals surface area contributed by atoms with Crippen LogP contribution in [0.4, 0.5) is 5.82 Å². The van der Waals surface area contributed by atoms with Gasteiger partial charge in [0.15, 0.2) is 5.82 Å². The summed E-state index contributed by atoms with van der Waals surface area (Å²) < 4.78 is 32.9. The lowest BCUT2D eigenvalue weighted by molar-refractivity contribution is -0.117. The Balaban J connectivity index is 1.84. The van der Waals surface area contributed by atoms with Crippen molar-refractivity contribution in [1.29, 1.82) is 0 Å². The van der Waals surface area contributed by atoms with Crippen LogP contribution < -0.4 is 10.0 Å². The number of carbonyl (C=O) groups is 1. The van der Waals surface area contributed by atoms with Crippen molar-refractivity contribution in [3.8, 4) is 0 Å². The van der Waals surface area contributed by atoms with Gasteiger partial charge in [0.25, 0.3) is 0 Å². The molecule has 1 atom stereocenters. The van der Waals surface area contributed by atoms with Crippen LogP contribution in [0.2, 0.25) is 5.02 Å². The molecular weight excluding hydrogens is 402 g/mol. The monoisotopic (exact) mass is 419 g/mol. The molecule has 28 heavy (non-hydrogen) atoms. The Hall–Kier alpha value is -2.68. The van der Waals surface area contributed by atoms with E-state index < -0.39 is 22.0 Å². The quantitative estimate of drug-likeness (QED) is 0.612. The molecule has 2 aromatic carbocycles. The number of aryl methyl sites for hydroxylation is 1. The third kappa shape index (κ3) is 5.19. The van der Waals surface area contributed by atoms with Crippen molar-refractivity contribution in [2.45, 2.75) is 24.3 Å². The zero-order valence-electron chi connectivity index (χ0n) is 14.9. The van der Waals surface area contributed by atoms with E-state index in [1.54, 1.807) is 13.0 Å². The molecule has 0 spiro atoms. The number of rotatable bonds is 7. The second-order valence-corrected chi connectivity index (χ2v) is 8.28. The van der Waals surface area contributed by atoms with Gasteiger partial charge in [0, 0.05) is 11.1 Å². The van der Waals surface area contributed by atoms with Gasteiger partial charge in [-0.2, -0.15) is 4.72 Å². The fourth-order valence-electron chi connectivity index (χ4n) is 2.55. The summed E-state index contributed by atoms with van der Waals surface area (Å²) >= 11 is 5.82. The molecule has 0 aliphatic heterocycles. The molecule has 0 unspecified atom stereocenters. The van der Waals surface area contributed by atoms with Gasteiger partial charge >= 0.3 is 0 Å². The molecule has 0 bridgehead atoms. The maximum atomic E-state index is 12.7. The van der Waals surface area contributed by atoms with Crippen molar-refractivity contribution < 1.29 is 17.7 Å². The molecule has 7 nitrogen and oxygen atoms in total. The van der Waals surface area contributed by atoms with Crippen LogP contribution in [0.5, 0.6) is 0 Å². The Morgan fingerprint density at radius 3 is 2.43 bits per heavy atom. The van der Waals surface area contributed by atoms with E-state index in [-0.39, 0.29) is 17.1 Å². The van der Waals surface area contributed by atoms with Gasteiger partial charge in [0.05, 0.1) is 4.90 Å². The largest absolute Gasteiger partial charge is 0.360 e. The van der Waals surface area contributed by atoms with Crippen molar-refractivity contribution in [2.75, 3.05) is 5.32 Å². The molecule has 0 fully saturated rings. The molecular formula is C19H18ClN3O4S. The van der Waals surface area contributed by atoms with Crippen molar-refractivity contribution in [3.63, 3.8) is 0 Å². The fraction of sp³-hybridized carbons (Fsp3) is 0.158. The highest BCUT2D eigenvalue weighted by Gasteiger charge is 2.26. The van der Waals surface area contributed by atoms with Gasteiger partial charge in [-0.1, -0.05) is 47.1 Å². The first-order chi connectivity index (χ1) is 13.3.